The number of hydrogen-bond acceptors (Lipinski definition) is 2. The molecule has 24 heavy (non-hydrogen) atoms. The first-order valence-electron chi connectivity index (χ1n) is 9.72. The summed E-state index contributed by atoms with van der Waals surface area (Å²) in [5, 5.41) is 9.32. The first kappa shape index (κ1) is 22.7. The molecular weight excluding hydrogens is 302 g/mol. The van der Waals surface area contributed by atoms with Crippen molar-refractivity contribution < 1.29 is 14.7 Å². The molecule has 1 amide bonds. The quantitative estimate of drug-likeness (QED) is 0.336. The van der Waals surface area contributed by atoms with Crippen molar-refractivity contribution in [2.75, 3.05) is 13.1 Å². The van der Waals surface area contributed by atoms with Crippen LogP contribution >= 0.6 is 0 Å². The topological polar surface area (TPSA) is 57.6 Å². The Morgan fingerprint density at radius 3 is 2.04 bits per heavy atom. The molecule has 1 N–H and O–H groups in total. The van der Waals surface area contributed by atoms with Gasteiger partial charge in [0.2, 0.25) is 5.91 Å². The maximum Gasteiger partial charge on any atom is 0.307 e. The predicted molar refractivity (Wildman–Crippen MR) is 100 cm³/mol. The second-order valence-electron chi connectivity index (χ2n) is 6.38. The van der Waals surface area contributed by atoms with E-state index in [0.29, 0.717) is 19.5 Å². The molecule has 4 nitrogen and oxygen atoms in total. The number of hydrogen-bond donors (Lipinski definition) is 1. The van der Waals surface area contributed by atoms with Gasteiger partial charge in [0.25, 0.3) is 0 Å². The van der Waals surface area contributed by atoms with Crippen LogP contribution in [0.3, 0.4) is 0 Å². The van der Waals surface area contributed by atoms with E-state index in [1.165, 1.54) is 25.7 Å². The number of carbonyl (C=O) groups is 2. The predicted octanol–water partition coefficient (Wildman–Crippen LogP) is 5.03. The van der Waals surface area contributed by atoms with E-state index in [-0.39, 0.29) is 12.3 Å². The summed E-state index contributed by atoms with van der Waals surface area (Å²) < 4.78 is 0. The molecule has 0 radical (unpaired) electrons. The Morgan fingerprint density at radius 2 is 1.50 bits per heavy atom. The van der Waals surface area contributed by atoms with E-state index in [0.717, 1.165) is 25.7 Å². The van der Waals surface area contributed by atoms with Crippen LogP contribution in [0, 0.1) is 5.92 Å². The van der Waals surface area contributed by atoms with Gasteiger partial charge >= 0.3 is 5.97 Å². The van der Waals surface area contributed by atoms with Crippen LogP contribution in [0.1, 0.15) is 85.0 Å². The van der Waals surface area contributed by atoms with Gasteiger partial charge in [-0.3, -0.25) is 9.59 Å². The summed E-state index contributed by atoms with van der Waals surface area (Å²) in [6.45, 7) is 7.30. The summed E-state index contributed by atoms with van der Waals surface area (Å²) in [5.74, 6) is -1.40. The van der Waals surface area contributed by atoms with E-state index in [9.17, 15) is 14.7 Å². The molecule has 0 fully saturated rings. The first-order chi connectivity index (χ1) is 11.6. The average molecular weight is 340 g/mol. The number of amides is 1. The van der Waals surface area contributed by atoms with Gasteiger partial charge in [0.15, 0.2) is 0 Å². The molecule has 0 aliphatic carbocycles. The van der Waals surface area contributed by atoms with E-state index in [2.05, 4.69) is 19.1 Å². The minimum atomic E-state index is -0.835. The van der Waals surface area contributed by atoms with E-state index in [4.69, 9.17) is 0 Å². The summed E-state index contributed by atoms with van der Waals surface area (Å²) in [6.07, 6.45) is 14.3. The van der Waals surface area contributed by atoms with Crippen molar-refractivity contribution in [1.82, 2.24) is 4.90 Å². The second kappa shape index (κ2) is 15.2. The highest BCUT2D eigenvalue weighted by Gasteiger charge is 2.22. The molecule has 0 spiro atoms. The monoisotopic (exact) mass is 339 g/mol. The van der Waals surface area contributed by atoms with Gasteiger partial charge in [-0.05, 0) is 39.5 Å². The van der Waals surface area contributed by atoms with Gasteiger partial charge < -0.3 is 10.0 Å². The number of unbranched alkanes of at least 4 members (excludes halogenated alkanes) is 6. The van der Waals surface area contributed by atoms with Gasteiger partial charge in [-0.2, -0.15) is 0 Å². The van der Waals surface area contributed by atoms with E-state index in [1.54, 1.807) is 4.90 Å². The summed E-state index contributed by atoms with van der Waals surface area (Å²) in [5.41, 5.74) is 0. The lowest BCUT2D eigenvalue weighted by Gasteiger charge is -2.21. The molecule has 1 atom stereocenters. The Kier molecular flexibility index (Phi) is 14.4. The Balaban J connectivity index is 3.85. The lowest BCUT2D eigenvalue weighted by molar-refractivity contribution is -0.146. The van der Waals surface area contributed by atoms with Crippen molar-refractivity contribution in [2.24, 2.45) is 5.92 Å². The van der Waals surface area contributed by atoms with Crippen LogP contribution in [-0.4, -0.2) is 35.0 Å². The van der Waals surface area contributed by atoms with Gasteiger partial charge in [0.1, 0.15) is 0 Å². The molecule has 0 aliphatic rings. The molecular formula is C20H37NO3. The zero-order valence-corrected chi connectivity index (χ0v) is 15.9. The third-order valence-electron chi connectivity index (χ3n) is 4.46. The highest BCUT2D eigenvalue weighted by atomic mass is 16.4. The van der Waals surface area contributed by atoms with Crippen LogP contribution in [0.4, 0.5) is 0 Å². The van der Waals surface area contributed by atoms with Crippen molar-refractivity contribution >= 4 is 11.9 Å². The zero-order chi connectivity index (χ0) is 18.2. The number of nitrogens with zero attached hydrogens (tertiary/aromatic N) is 1. The molecule has 0 aliphatic heterocycles. The van der Waals surface area contributed by atoms with Gasteiger partial charge in [-0.15, -0.1) is 0 Å². The molecule has 0 aromatic carbocycles. The Hall–Kier alpha value is -1.32. The summed E-state index contributed by atoms with van der Waals surface area (Å²) in [7, 11) is 0. The molecule has 4 heteroatoms. The van der Waals surface area contributed by atoms with Crippen LogP contribution in [0.25, 0.3) is 0 Å². The standard InChI is InChI=1S/C20H37NO3/c1-4-7-8-9-10-11-12-13-14-15-16-18(20(23)24)17-19(22)21(5-2)6-3/h7-8,18H,4-6,9-17H2,1-3H3,(H,23,24)/b8-7+. The normalized spacial score (nSPS) is 12.5. The molecule has 0 aromatic rings. The number of carbonyl (C=O) groups excluding carboxylic acids is 1. The van der Waals surface area contributed by atoms with E-state index < -0.39 is 11.9 Å². The van der Waals surface area contributed by atoms with E-state index >= 15 is 0 Å². The first-order valence-corrected chi connectivity index (χ1v) is 9.72. The minimum Gasteiger partial charge on any atom is -0.481 e. The fourth-order valence-electron chi connectivity index (χ4n) is 2.87. The number of allylic oxidation sites excluding steroid dienone is 2. The highest BCUT2D eigenvalue weighted by Crippen LogP contribution is 2.17. The lowest BCUT2D eigenvalue weighted by Crippen LogP contribution is -2.33. The van der Waals surface area contributed by atoms with Gasteiger partial charge in [-0.1, -0.05) is 51.2 Å². The SMILES string of the molecule is CC/C=C/CCCCCCCCC(CC(=O)N(CC)CC)C(=O)O. The number of rotatable bonds is 15. The molecule has 140 valence electrons. The van der Waals surface area contributed by atoms with Crippen LogP contribution < -0.4 is 0 Å². The number of aliphatic carboxylic acids is 1. The van der Waals surface area contributed by atoms with E-state index in [1.807, 2.05) is 13.8 Å². The number of carboxylic acids is 1. The smallest absolute Gasteiger partial charge is 0.307 e. The van der Waals surface area contributed by atoms with Crippen LogP contribution in [0.2, 0.25) is 0 Å². The minimum absolute atomic E-state index is 0.0347. The fourth-order valence-corrected chi connectivity index (χ4v) is 2.87. The third kappa shape index (κ3) is 11.3. The summed E-state index contributed by atoms with van der Waals surface area (Å²) >= 11 is 0. The molecule has 0 aromatic heterocycles. The van der Waals surface area contributed by atoms with Gasteiger partial charge in [0.05, 0.1) is 5.92 Å². The van der Waals surface area contributed by atoms with Crippen molar-refractivity contribution in [2.45, 2.75) is 85.0 Å². The second-order valence-corrected chi connectivity index (χ2v) is 6.38. The molecule has 0 bridgehead atoms. The van der Waals surface area contributed by atoms with Crippen LogP contribution in [0.15, 0.2) is 12.2 Å². The largest absolute Gasteiger partial charge is 0.481 e. The average Bonchev–Trinajstić information content (AvgIpc) is 2.56. The lowest BCUT2D eigenvalue weighted by atomic mass is 9.96. The fraction of sp³-hybridized carbons (Fsp3) is 0.800. The molecule has 1 unspecified atom stereocenters. The summed E-state index contributed by atoms with van der Waals surface area (Å²) in [6, 6.07) is 0. The van der Waals surface area contributed by atoms with Crippen molar-refractivity contribution in [3.05, 3.63) is 12.2 Å². The Bertz CT molecular complexity index is 362. The third-order valence-corrected chi connectivity index (χ3v) is 4.46. The maximum absolute atomic E-state index is 12.1. The maximum atomic E-state index is 12.1. The van der Waals surface area contributed by atoms with Crippen LogP contribution in [-0.2, 0) is 9.59 Å². The molecule has 0 saturated carbocycles. The highest BCUT2D eigenvalue weighted by molar-refractivity contribution is 5.82. The van der Waals surface area contributed by atoms with Gasteiger partial charge in [0, 0.05) is 19.5 Å². The van der Waals surface area contributed by atoms with Crippen molar-refractivity contribution in [1.29, 1.82) is 0 Å². The van der Waals surface area contributed by atoms with Gasteiger partial charge in [-0.25, -0.2) is 0 Å². The molecule has 0 rings (SSSR count). The Morgan fingerprint density at radius 1 is 0.917 bits per heavy atom. The molecule has 0 saturated heterocycles. The van der Waals surface area contributed by atoms with Crippen molar-refractivity contribution in [3.8, 4) is 0 Å². The Labute approximate surface area is 148 Å². The van der Waals surface area contributed by atoms with Crippen LogP contribution in [0.5, 0.6) is 0 Å². The molecule has 0 heterocycles. The number of carboxylic acid groups (broad SMARTS) is 1. The van der Waals surface area contributed by atoms with Crippen molar-refractivity contribution in [3.63, 3.8) is 0 Å². The summed E-state index contributed by atoms with van der Waals surface area (Å²) in [4.78, 5) is 25.1. The zero-order valence-electron chi connectivity index (χ0n) is 15.9.